The van der Waals surface area contributed by atoms with Crippen LogP contribution in [0.25, 0.3) is 21.9 Å². The number of benzene rings is 2. The third-order valence-corrected chi connectivity index (χ3v) is 4.99. The van der Waals surface area contributed by atoms with E-state index < -0.39 is 11.2 Å². The number of phenolic OH excluding ortho intramolecular Hbond substituents is 3. The lowest BCUT2D eigenvalue weighted by atomic mass is 9.97. The number of fused-ring (bicyclic) bond motifs is 2. The van der Waals surface area contributed by atoms with Crippen LogP contribution in [0.1, 0.15) is 32.8 Å². The van der Waals surface area contributed by atoms with Gasteiger partial charge in [0, 0.05) is 30.2 Å². The van der Waals surface area contributed by atoms with Crippen LogP contribution in [0.2, 0.25) is 0 Å². The first kappa shape index (κ1) is 22.0. The summed E-state index contributed by atoms with van der Waals surface area (Å²) in [6, 6.07) is 3.43. The lowest BCUT2D eigenvalue weighted by Gasteiger charge is -2.14. The van der Waals surface area contributed by atoms with Crippen molar-refractivity contribution in [2.24, 2.45) is 0 Å². The normalized spacial score (nSPS) is 11.7. The zero-order chi connectivity index (χ0) is 22.9. The molecule has 0 bridgehead atoms. The van der Waals surface area contributed by atoms with Gasteiger partial charge in [0.05, 0.1) is 12.5 Å². The molecule has 0 spiro atoms. The van der Waals surface area contributed by atoms with Crippen molar-refractivity contribution < 1.29 is 29.3 Å². The third-order valence-electron chi connectivity index (χ3n) is 4.99. The summed E-state index contributed by atoms with van der Waals surface area (Å²) in [7, 11) is 1.32. The summed E-state index contributed by atoms with van der Waals surface area (Å²) < 4.78 is 11.0. The number of phenols is 3. The largest absolute Gasteiger partial charge is 0.508 e. The van der Waals surface area contributed by atoms with Gasteiger partial charge in [0.25, 0.3) is 0 Å². The van der Waals surface area contributed by atoms with Crippen LogP contribution in [0, 0.1) is 0 Å². The maximum atomic E-state index is 13.2. The first-order valence-corrected chi connectivity index (χ1v) is 9.68. The first-order chi connectivity index (χ1) is 14.6. The van der Waals surface area contributed by atoms with Crippen LogP contribution >= 0.6 is 0 Å². The quantitative estimate of drug-likeness (QED) is 0.303. The Labute approximate surface area is 178 Å². The number of ether oxygens (including phenoxy) is 1. The van der Waals surface area contributed by atoms with Gasteiger partial charge in [-0.1, -0.05) is 17.7 Å². The molecule has 3 N–H and O–H groups in total. The van der Waals surface area contributed by atoms with Gasteiger partial charge >= 0.3 is 0 Å². The Morgan fingerprint density at radius 1 is 1.00 bits per heavy atom. The fourth-order valence-corrected chi connectivity index (χ4v) is 3.43. The number of allylic oxidation sites excluding steroid dienone is 4. The number of carbonyl (C=O) groups is 1. The molecule has 0 saturated heterocycles. The van der Waals surface area contributed by atoms with Crippen molar-refractivity contribution in [3.8, 4) is 23.0 Å². The minimum atomic E-state index is -0.596. The molecule has 0 unspecified atom stereocenters. The van der Waals surface area contributed by atoms with E-state index in [2.05, 4.69) is 0 Å². The number of carbonyl (C=O) groups excluding carboxylic acids is 1. The number of hydrogen-bond acceptors (Lipinski definition) is 7. The highest BCUT2D eigenvalue weighted by molar-refractivity contribution is 6.02. The highest BCUT2D eigenvalue weighted by Crippen LogP contribution is 2.39. The molecule has 162 valence electrons. The molecule has 7 heteroatoms. The molecule has 0 aliphatic heterocycles. The topological polar surface area (TPSA) is 117 Å². The molecule has 31 heavy (non-hydrogen) atoms. The number of hydrogen-bond donors (Lipinski definition) is 3. The number of ketones is 1. The molecule has 3 aromatic rings. The summed E-state index contributed by atoms with van der Waals surface area (Å²) in [6.45, 7) is 5.62. The summed E-state index contributed by atoms with van der Waals surface area (Å²) in [6.07, 6.45) is 4.17. The Kier molecular flexibility index (Phi) is 6.06. The summed E-state index contributed by atoms with van der Waals surface area (Å²) in [5, 5.41) is 30.2. The second kappa shape index (κ2) is 8.55. The van der Waals surface area contributed by atoms with Crippen molar-refractivity contribution in [2.75, 3.05) is 7.11 Å². The van der Waals surface area contributed by atoms with E-state index in [0.717, 1.165) is 11.6 Å². The maximum absolute atomic E-state index is 13.2. The van der Waals surface area contributed by atoms with Gasteiger partial charge < -0.3 is 24.5 Å². The molecule has 1 aromatic heterocycles. The molecule has 0 amide bonds. The van der Waals surface area contributed by atoms with Crippen molar-refractivity contribution in [1.82, 2.24) is 0 Å². The molecule has 1 heterocycles. The van der Waals surface area contributed by atoms with E-state index in [1.165, 1.54) is 19.2 Å². The predicted molar refractivity (Wildman–Crippen MR) is 118 cm³/mol. The molecule has 7 nitrogen and oxygen atoms in total. The summed E-state index contributed by atoms with van der Waals surface area (Å²) in [5.41, 5.74) is 1.17. The van der Waals surface area contributed by atoms with Crippen molar-refractivity contribution in [1.29, 1.82) is 0 Å². The molecule has 3 rings (SSSR count). The SMILES string of the molecule is COc1c(O)cc2oc3cc(O)cc(O)c3c(=O)c2c1CC(=O)/C(C)=C/CC=C(C)C. The fourth-order valence-electron chi connectivity index (χ4n) is 3.43. The van der Waals surface area contributed by atoms with Crippen LogP contribution in [0.4, 0.5) is 0 Å². The van der Waals surface area contributed by atoms with E-state index in [9.17, 15) is 24.9 Å². The molecule has 0 radical (unpaired) electrons. The van der Waals surface area contributed by atoms with E-state index >= 15 is 0 Å². The first-order valence-electron chi connectivity index (χ1n) is 9.68. The third kappa shape index (κ3) is 4.26. The zero-order valence-corrected chi connectivity index (χ0v) is 17.8. The van der Waals surface area contributed by atoms with Crippen molar-refractivity contribution in [3.63, 3.8) is 0 Å². The molecular formula is C24H24O7. The minimum absolute atomic E-state index is 0.00905. The van der Waals surface area contributed by atoms with Gasteiger partial charge in [-0.15, -0.1) is 0 Å². The van der Waals surface area contributed by atoms with Gasteiger partial charge in [-0.25, -0.2) is 0 Å². The smallest absolute Gasteiger partial charge is 0.204 e. The highest BCUT2D eigenvalue weighted by Gasteiger charge is 2.23. The Morgan fingerprint density at radius 2 is 1.68 bits per heavy atom. The number of rotatable bonds is 6. The van der Waals surface area contributed by atoms with Gasteiger partial charge in [-0.05, 0) is 32.8 Å². The van der Waals surface area contributed by atoms with Gasteiger partial charge in [0.1, 0.15) is 28.1 Å². The molecule has 0 fully saturated rings. The van der Waals surface area contributed by atoms with Gasteiger partial charge in [0.2, 0.25) is 5.43 Å². The maximum Gasteiger partial charge on any atom is 0.204 e. The zero-order valence-electron chi connectivity index (χ0n) is 17.8. The van der Waals surface area contributed by atoms with E-state index in [0.29, 0.717) is 12.0 Å². The van der Waals surface area contributed by atoms with Gasteiger partial charge in [0.15, 0.2) is 17.3 Å². The van der Waals surface area contributed by atoms with Crippen LogP contribution in [0.3, 0.4) is 0 Å². The van der Waals surface area contributed by atoms with Crippen LogP contribution in [0.5, 0.6) is 23.0 Å². The summed E-state index contributed by atoms with van der Waals surface area (Å²) in [5.74, 6) is -1.29. The predicted octanol–water partition coefficient (Wildman–Crippen LogP) is 4.49. The summed E-state index contributed by atoms with van der Waals surface area (Å²) in [4.78, 5) is 26.1. The Morgan fingerprint density at radius 3 is 2.32 bits per heavy atom. The van der Waals surface area contributed by atoms with Crippen molar-refractivity contribution >= 4 is 27.7 Å². The van der Waals surface area contributed by atoms with Gasteiger partial charge in [-0.3, -0.25) is 9.59 Å². The second-order valence-electron chi connectivity index (χ2n) is 7.55. The number of aromatic hydroxyl groups is 3. The molecule has 2 aromatic carbocycles. The molecule has 0 aliphatic carbocycles. The van der Waals surface area contributed by atoms with Crippen LogP contribution < -0.4 is 10.2 Å². The fraction of sp³-hybridized carbons (Fsp3) is 0.250. The van der Waals surface area contributed by atoms with E-state index in [4.69, 9.17) is 9.15 Å². The average Bonchev–Trinajstić information content (AvgIpc) is 2.66. The lowest BCUT2D eigenvalue weighted by molar-refractivity contribution is -0.114. The van der Waals surface area contributed by atoms with Crippen molar-refractivity contribution in [2.45, 2.75) is 33.6 Å². The molecule has 0 saturated carbocycles. The van der Waals surface area contributed by atoms with Crippen LogP contribution in [-0.4, -0.2) is 28.2 Å². The highest BCUT2D eigenvalue weighted by atomic mass is 16.5. The standard InChI is InChI=1S/C24H24O7/c1-12(2)6-5-7-13(3)16(26)10-15-21-20(11-18(28)24(15)30-4)31-19-9-14(25)8-17(27)22(19)23(21)29/h6-9,11,25,27-28H,5,10H2,1-4H3/b13-7+. The molecule has 0 aliphatic rings. The molecular weight excluding hydrogens is 400 g/mol. The molecule has 0 atom stereocenters. The summed E-state index contributed by atoms with van der Waals surface area (Å²) >= 11 is 0. The number of methoxy groups -OCH3 is 1. The number of Topliss-reactive ketones (excluding diaryl/α,β-unsaturated/α-hetero) is 1. The second-order valence-corrected chi connectivity index (χ2v) is 7.55. The van der Waals surface area contributed by atoms with E-state index in [1.54, 1.807) is 13.0 Å². The minimum Gasteiger partial charge on any atom is -0.508 e. The Hall–Kier alpha value is -3.74. The Balaban J connectivity index is 2.24. The van der Waals surface area contributed by atoms with Crippen molar-refractivity contribution in [3.05, 3.63) is 57.3 Å². The van der Waals surface area contributed by atoms with Crippen LogP contribution in [0.15, 0.2) is 50.7 Å². The monoisotopic (exact) mass is 424 g/mol. The van der Waals surface area contributed by atoms with Crippen LogP contribution in [-0.2, 0) is 11.2 Å². The Bertz CT molecular complexity index is 1310. The lowest BCUT2D eigenvalue weighted by Crippen LogP contribution is -2.12. The van der Waals surface area contributed by atoms with E-state index in [1.807, 2.05) is 19.9 Å². The van der Waals surface area contributed by atoms with E-state index in [-0.39, 0.29) is 57.0 Å². The average molecular weight is 424 g/mol. The van der Waals surface area contributed by atoms with Gasteiger partial charge in [-0.2, -0.15) is 0 Å².